The molecule has 6 fully saturated rings. The molecule has 0 heteroatoms. The summed E-state index contributed by atoms with van der Waals surface area (Å²) in [5, 5.41) is 0. The second kappa shape index (κ2) is 61.4. The average molecular weight is 1650 g/mol. The summed E-state index contributed by atoms with van der Waals surface area (Å²) in [4.78, 5) is 0. The van der Waals surface area contributed by atoms with Gasteiger partial charge < -0.3 is 0 Å². The van der Waals surface area contributed by atoms with Crippen molar-refractivity contribution >= 4 is 0 Å². The molecule has 0 nitrogen and oxygen atoms in total. The third kappa shape index (κ3) is 70.9. The van der Waals surface area contributed by atoms with Crippen LogP contribution in [0.15, 0.2) is 0 Å². The SMILES string of the molecule is C.C.C.C.C.C.C.C.C.C.C.CC(C(C)(C)C)C(C)(C)C.CC(C)(C)C(C)(C)C.CC(C)(C)C(C)(C)C(C)(C)C.CC(C)C(C)C(C)C.CC1(C)CC(C)(C)CC(C)(C)C1.CC1(C)CCCCC1.CC1C(C)(C)CCCC1(C)C.CC1CC(C)(C)CC(C)(C)C1.CC1CCC(C)(C)CC1.CCC(C)(C)C(C)C.CCC1CCCCC1. The summed E-state index contributed by atoms with van der Waals surface area (Å²) in [6, 6.07) is 0. The summed E-state index contributed by atoms with van der Waals surface area (Å²) in [5.74, 6) is 8.01. The molecule has 6 aliphatic carbocycles. The van der Waals surface area contributed by atoms with Crippen LogP contribution in [0.4, 0.5) is 0 Å². The summed E-state index contributed by atoms with van der Waals surface area (Å²) in [6.45, 7) is 124. The van der Waals surface area contributed by atoms with E-state index in [1.54, 1.807) is 0 Å². The molecule has 6 aliphatic rings. The maximum absolute atomic E-state index is 2.42. The highest BCUT2D eigenvalue weighted by molar-refractivity contribution is 4.95. The molecule has 0 radical (unpaired) electrons. The Morgan fingerprint density at radius 2 is 0.548 bits per heavy atom. The molecule has 0 aromatic rings. The Hall–Kier alpha value is 0. The minimum absolute atomic E-state index is 0. The lowest BCUT2D eigenvalue weighted by Gasteiger charge is -2.49. The van der Waals surface area contributed by atoms with Gasteiger partial charge in [0, 0.05) is 0 Å². The van der Waals surface area contributed by atoms with E-state index in [4.69, 9.17) is 0 Å². The van der Waals surface area contributed by atoms with Gasteiger partial charge in [-0.1, -0.05) is 532 Å². The van der Waals surface area contributed by atoms with Crippen LogP contribution in [0.25, 0.3) is 0 Å². The Balaban J connectivity index is -0.0000000665. The second-order valence-electron chi connectivity index (χ2n) is 52.5. The molecule has 115 heavy (non-hydrogen) atoms. The van der Waals surface area contributed by atoms with Crippen molar-refractivity contribution in [3.8, 4) is 0 Å². The van der Waals surface area contributed by atoms with Crippen LogP contribution in [-0.4, -0.2) is 0 Å². The molecule has 0 bridgehead atoms. The zero-order chi connectivity index (χ0) is 84.4. The highest BCUT2D eigenvalue weighted by Crippen LogP contribution is 2.55. The fraction of sp³-hybridized carbons (Fsp3) is 1.00. The molecular weight excluding hydrogens is 1380 g/mol. The van der Waals surface area contributed by atoms with Crippen LogP contribution in [0.1, 0.15) is 609 Å². The Morgan fingerprint density at radius 1 is 0.287 bits per heavy atom. The smallest absolute Gasteiger partial charge is 0.0257 e. The summed E-state index contributed by atoms with van der Waals surface area (Å²) in [6.07, 6.45) is 35.9. The van der Waals surface area contributed by atoms with Gasteiger partial charge in [-0.15, -0.1) is 0 Å². The minimum Gasteiger partial charge on any atom is -0.0776 e. The van der Waals surface area contributed by atoms with Crippen LogP contribution >= 0.6 is 0 Å². The van der Waals surface area contributed by atoms with Gasteiger partial charge in [0.25, 0.3) is 0 Å². The Kier molecular flexibility index (Phi) is 81.4. The van der Waals surface area contributed by atoms with E-state index < -0.39 is 0 Å². The second-order valence-corrected chi connectivity index (χ2v) is 52.5. The van der Waals surface area contributed by atoms with E-state index in [2.05, 4.69) is 367 Å². The Morgan fingerprint density at radius 3 is 0.687 bits per heavy atom. The normalized spacial score (nSPS) is 20.3. The van der Waals surface area contributed by atoms with Gasteiger partial charge in [0.05, 0.1) is 0 Å². The van der Waals surface area contributed by atoms with Crippen LogP contribution in [0, 0.1) is 145 Å². The van der Waals surface area contributed by atoms with Gasteiger partial charge in [0.1, 0.15) is 0 Å². The topological polar surface area (TPSA) is 0 Å². The van der Waals surface area contributed by atoms with Gasteiger partial charge in [0.2, 0.25) is 0 Å². The zero-order valence-corrected chi connectivity index (χ0v) is 84.4. The van der Waals surface area contributed by atoms with E-state index in [1.165, 1.54) is 161 Å². The molecule has 0 aliphatic heterocycles. The van der Waals surface area contributed by atoms with Crippen molar-refractivity contribution in [2.75, 3.05) is 0 Å². The van der Waals surface area contributed by atoms with E-state index in [1.807, 2.05) is 0 Å². The Bertz CT molecular complexity index is 1970. The molecular formula is C115H262. The highest BCUT2D eigenvalue weighted by Gasteiger charge is 2.44. The first-order chi connectivity index (χ1) is 45.5. The van der Waals surface area contributed by atoms with Gasteiger partial charge in [-0.25, -0.2) is 0 Å². The highest BCUT2D eigenvalue weighted by atomic mass is 14.5. The van der Waals surface area contributed by atoms with Crippen molar-refractivity contribution < 1.29 is 0 Å². The van der Waals surface area contributed by atoms with Crippen LogP contribution in [-0.2, 0) is 0 Å². The third-order valence-corrected chi connectivity index (χ3v) is 29.9. The van der Waals surface area contributed by atoms with Crippen LogP contribution in [0.3, 0.4) is 0 Å². The lowest BCUT2D eigenvalue weighted by molar-refractivity contribution is 0.00574. The quantitative estimate of drug-likeness (QED) is 0.257. The molecule has 0 unspecified atom stereocenters. The largest absolute Gasteiger partial charge is 0.0776 e. The first kappa shape index (κ1) is 152. The van der Waals surface area contributed by atoms with Gasteiger partial charge in [-0.2, -0.15) is 0 Å². The molecule has 722 valence electrons. The first-order valence-electron chi connectivity index (χ1n) is 45.5. The molecule has 0 atom stereocenters. The number of rotatable bonds is 5. The van der Waals surface area contributed by atoms with Crippen molar-refractivity contribution in [3.05, 3.63) is 0 Å². The Labute approximate surface area is 749 Å². The lowest BCUT2D eigenvalue weighted by atomic mass is 9.56. The predicted molar refractivity (Wildman–Crippen MR) is 563 cm³/mol. The number of hydrogen-bond acceptors (Lipinski definition) is 0. The van der Waals surface area contributed by atoms with E-state index >= 15 is 0 Å². The van der Waals surface area contributed by atoms with Crippen molar-refractivity contribution in [2.24, 2.45) is 145 Å². The van der Waals surface area contributed by atoms with Gasteiger partial charge in [-0.3, -0.25) is 0 Å². The summed E-state index contributed by atoms with van der Waals surface area (Å²) in [7, 11) is 0. The van der Waals surface area contributed by atoms with Gasteiger partial charge in [-0.05, 0) is 222 Å². The van der Waals surface area contributed by atoms with Crippen LogP contribution < -0.4 is 0 Å². The molecule has 0 aromatic carbocycles. The summed E-state index contributed by atoms with van der Waals surface area (Å²) >= 11 is 0. The third-order valence-electron chi connectivity index (χ3n) is 29.9. The van der Waals surface area contributed by atoms with Crippen molar-refractivity contribution in [1.82, 2.24) is 0 Å². The number of hydrogen-bond donors (Lipinski definition) is 0. The minimum atomic E-state index is 0. The zero-order valence-electron chi connectivity index (χ0n) is 84.4. The van der Waals surface area contributed by atoms with Crippen LogP contribution in [0.5, 0.6) is 0 Å². The average Bonchev–Trinajstić information content (AvgIpc) is 0.803. The van der Waals surface area contributed by atoms with Crippen molar-refractivity contribution in [3.63, 3.8) is 0 Å². The van der Waals surface area contributed by atoms with Gasteiger partial charge in [0.15, 0.2) is 0 Å². The summed E-state index contributed by atoms with van der Waals surface area (Å²) < 4.78 is 0. The maximum atomic E-state index is 2.42. The van der Waals surface area contributed by atoms with E-state index in [0.29, 0.717) is 92.1 Å². The molecule has 0 aromatic heterocycles. The molecule has 6 rings (SSSR count). The fourth-order valence-electron chi connectivity index (χ4n) is 18.2. The van der Waals surface area contributed by atoms with Crippen LogP contribution in [0.2, 0.25) is 0 Å². The summed E-state index contributed by atoms with van der Waals surface area (Å²) in [5.41, 5.74) is 8.73. The van der Waals surface area contributed by atoms with Crippen molar-refractivity contribution in [2.45, 2.75) is 609 Å². The first-order valence-corrected chi connectivity index (χ1v) is 45.5. The monoisotopic (exact) mass is 1640 g/mol. The predicted octanol–water partition coefficient (Wildman–Crippen LogP) is 45.1. The lowest BCUT2D eigenvalue weighted by Crippen LogP contribution is -2.41. The van der Waals surface area contributed by atoms with Gasteiger partial charge >= 0.3 is 0 Å². The molecule has 6 saturated carbocycles. The maximum Gasteiger partial charge on any atom is -0.0257 e. The molecule has 0 N–H and O–H groups in total. The standard InChI is InChI=1S/C12H24.2C11H22.C11H24.C10H22.C9H18.2C8H16.3C8H18.11CH4/c1-10(2)7-11(3,4)9-12(5,6)8-10;1-9-6-10(2,3)8-11(4,5)7-9;1-9-10(2,3)7-6-8-11(9,4)5;1-9(2,3)11(7,8)10(4,5)6;1-8(9(2,3)4)10(5,6)7;1-8-4-6-9(2,3)7-5-8;1-8(2)6-4-3-5-7-8;1-2-8-6-4-3-5-7-8;1-7(2,3)8(4,5)6;1-6-8(4,5)7(2)3;1-6(2)8(5)7(3)4;;;;;;;;;;;/h7-9H2,1-6H3;2*9H,6-8H2,1-5H3;1-8H3;8H,1-7H3;8H,4-7H2,1-3H3;3-7H2,1-2H3;8H,2-7H2,1H3;1-6H3;7H,6H2,1-5H3;6-8H,1-5H3;11*1H4. The van der Waals surface area contributed by atoms with E-state index in [9.17, 15) is 0 Å². The van der Waals surface area contributed by atoms with E-state index in [-0.39, 0.29) is 81.7 Å². The van der Waals surface area contributed by atoms with Crippen molar-refractivity contribution in [1.29, 1.82) is 0 Å². The van der Waals surface area contributed by atoms with E-state index in [0.717, 1.165) is 53.3 Å². The molecule has 0 amide bonds. The molecule has 0 spiro atoms. The molecule has 0 saturated heterocycles. The molecule has 0 heterocycles. The fourth-order valence-corrected chi connectivity index (χ4v) is 18.2.